The normalized spacial score (nSPS) is 20.8. The number of likely N-dealkylation sites (tertiary alicyclic amines) is 1. The molecule has 0 spiro atoms. The van der Waals surface area contributed by atoms with Gasteiger partial charge in [-0.25, -0.2) is 9.18 Å². The van der Waals surface area contributed by atoms with Crippen molar-refractivity contribution in [3.8, 4) is 0 Å². The lowest BCUT2D eigenvalue weighted by molar-refractivity contribution is -0.126. The third kappa shape index (κ3) is 6.05. The second-order valence-corrected chi connectivity index (χ2v) is 8.92. The first-order valence-electron chi connectivity index (χ1n) is 11.1. The summed E-state index contributed by atoms with van der Waals surface area (Å²) in [5.41, 5.74) is 1.79. The average molecular weight is 494 g/mol. The zero-order valence-corrected chi connectivity index (χ0v) is 20.2. The van der Waals surface area contributed by atoms with Gasteiger partial charge in [0.15, 0.2) is 11.5 Å². The van der Waals surface area contributed by atoms with Gasteiger partial charge in [-0.3, -0.25) is 14.4 Å². The zero-order valence-electron chi connectivity index (χ0n) is 18.5. The smallest absolute Gasteiger partial charge is 0.358 e. The summed E-state index contributed by atoms with van der Waals surface area (Å²) >= 11 is 4.73. The summed E-state index contributed by atoms with van der Waals surface area (Å²) < 4.78 is 21.3. The van der Waals surface area contributed by atoms with E-state index in [-0.39, 0.29) is 40.9 Å². The van der Waals surface area contributed by atoms with Crippen molar-refractivity contribution in [1.82, 2.24) is 14.7 Å². The number of carbonyl (C=O) groups excluding carboxylic acids is 2. The highest BCUT2D eigenvalue weighted by Crippen LogP contribution is 2.39. The molecule has 1 aliphatic heterocycles. The molecule has 1 aromatic heterocycles. The number of esters is 1. The molecule has 0 radical (unpaired) electrons. The highest BCUT2D eigenvalue weighted by atomic mass is 35.5. The molecule has 0 amide bonds. The van der Waals surface area contributed by atoms with E-state index in [2.05, 4.69) is 10.00 Å². The highest BCUT2D eigenvalue weighted by Gasteiger charge is 2.40. The van der Waals surface area contributed by atoms with Gasteiger partial charge >= 0.3 is 5.97 Å². The first kappa shape index (κ1) is 25.5. The number of thiol groups is 1. The molecule has 1 saturated carbocycles. The van der Waals surface area contributed by atoms with E-state index in [1.54, 1.807) is 42.1 Å². The number of ketones is 1. The number of ether oxygens (including phenoxy) is 1. The van der Waals surface area contributed by atoms with E-state index in [9.17, 15) is 14.0 Å². The summed E-state index contributed by atoms with van der Waals surface area (Å²) in [6.07, 6.45) is 6.31. The fraction of sp³-hybridized carbons (Fsp3) is 0.458. The standard InChI is InChI=1S/C24H28FN3O3S.ClH/c1-2-31-24(30)20-10-14-28(26-20)13-9-17-15-27(12-11-21(17)32)22(23(29)16-7-8-16)18-5-3-4-6-19(18)25;/h3-6,9-10,14,16,21-22,32H,2,7-8,11-13,15H2,1H3;1H/b17-9-;. The van der Waals surface area contributed by atoms with Crippen LogP contribution in [-0.2, 0) is 16.1 Å². The Morgan fingerprint density at radius 3 is 2.73 bits per heavy atom. The van der Waals surface area contributed by atoms with E-state index in [1.165, 1.54) is 6.07 Å². The molecule has 0 bridgehead atoms. The van der Waals surface area contributed by atoms with E-state index in [1.807, 2.05) is 6.08 Å². The second-order valence-electron chi connectivity index (χ2n) is 8.30. The van der Waals surface area contributed by atoms with Gasteiger partial charge in [-0.15, -0.1) is 12.4 Å². The second kappa shape index (κ2) is 11.3. The Kier molecular flexibility index (Phi) is 8.73. The lowest BCUT2D eigenvalue weighted by atomic mass is 9.93. The Labute approximate surface area is 205 Å². The molecule has 1 saturated heterocycles. The number of allylic oxidation sites excluding steroid dienone is 1. The molecule has 2 aliphatic rings. The number of nitrogens with zero attached hydrogens (tertiary/aromatic N) is 3. The van der Waals surface area contributed by atoms with E-state index < -0.39 is 12.0 Å². The summed E-state index contributed by atoms with van der Waals surface area (Å²) in [6, 6.07) is 7.63. The van der Waals surface area contributed by atoms with E-state index in [4.69, 9.17) is 17.4 Å². The van der Waals surface area contributed by atoms with Gasteiger partial charge in [0.2, 0.25) is 0 Å². The molecule has 2 aromatic rings. The monoisotopic (exact) mass is 493 g/mol. The molecule has 2 heterocycles. The van der Waals surface area contributed by atoms with Crippen LogP contribution in [0.15, 0.2) is 48.2 Å². The molecule has 9 heteroatoms. The Morgan fingerprint density at radius 1 is 1.27 bits per heavy atom. The maximum atomic E-state index is 14.6. The number of benzene rings is 1. The maximum Gasteiger partial charge on any atom is 0.358 e. The molecule has 6 nitrogen and oxygen atoms in total. The van der Waals surface area contributed by atoms with Gasteiger partial charge in [-0.2, -0.15) is 17.7 Å². The van der Waals surface area contributed by atoms with E-state index in [0.717, 1.165) is 24.8 Å². The van der Waals surface area contributed by atoms with Crippen LogP contribution in [0.1, 0.15) is 48.3 Å². The fourth-order valence-corrected chi connectivity index (χ4v) is 4.42. The molecular formula is C24H29ClFN3O3S. The number of Topliss-reactive ketones (excluding diaryl/α,β-unsaturated/α-hetero) is 1. The van der Waals surface area contributed by atoms with Crippen molar-refractivity contribution in [2.24, 2.45) is 5.92 Å². The molecule has 33 heavy (non-hydrogen) atoms. The van der Waals surface area contributed by atoms with Gasteiger partial charge in [-0.05, 0) is 43.9 Å². The van der Waals surface area contributed by atoms with E-state index in [0.29, 0.717) is 31.8 Å². The number of aromatic nitrogens is 2. The van der Waals surface area contributed by atoms with Crippen LogP contribution in [0.3, 0.4) is 0 Å². The van der Waals surface area contributed by atoms with Crippen LogP contribution in [-0.4, -0.2) is 51.4 Å². The summed E-state index contributed by atoms with van der Waals surface area (Å²) in [5, 5.41) is 4.33. The van der Waals surface area contributed by atoms with Crippen LogP contribution < -0.4 is 0 Å². The Hall–Kier alpha value is -2.16. The van der Waals surface area contributed by atoms with Gasteiger partial charge in [0.05, 0.1) is 19.2 Å². The van der Waals surface area contributed by atoms with Gasteiger partial charge < -0.3 is 4.74 Å². The quantitative estimate of drug-likeness (QED) is 0.338. The minimum Gasteiger partial charge on any atom is -0.461 e. The molecule has 1 aromatic carbocycles. The molecular weight excluding hydrogens is 465 g/mol. The van der Waals surface area contributed by atoms with Gasteiger partial charge in [0.25, 0.3) is 0 Å². The summed E-state index contributed by atoms with van der Waals surface area (Å²) in [6.45, 7) is 3.75. The Balaban J connectivity index is 0.00000306. The first-order chi connectivity index (χ1) is 15.5. The maximum absolute atomic E-state index is 14.6. The van der Waals surface area contributed by atoms with Crippen LogP contribution in [0.4, 0.5) is 4.39 Å². The van der Waals surface area contributed by atoms with Crippen LogP contribution in [0.5, 0.6) is 0 Å². The van der Waals surface area contributed by atoms with Gasteiger partial charge in [0.1, 0.15) is 5.82 Å². The first-order valence-corrected chi connectivity index (χ1v) is 11.6. The third-order valence-corrected chi connectivity index (χ3v) is 6.57. The predicted molar refractivity (Wildman–Crippen MR) is 129 cm³/mol. The Bertz CT molecular complexity index is 1020. The Morgan fingerprint density at radius 2 is 2.03 bits per heavy atom. The minimum absolute atomic E-state index is 0. The summed E-state index contributed by atoms with van der Waals surface area (Å²) in [5.74, 6) is -0.640. The topological polar surface area (TPSA) is 64.4 Å². The van der Waals surface area contributed by atoms with Crippen LogP contribution in [0, 0.1) is 11.7 Å². The molecule has 4 rings (SSSR count). The van der Waals surface area contributed by atoms with Crippen molar-refractivity contribution in [3.05, 3.63) is 65.3 Å². The largest absolute Gasteiger partial charge is 0.461 e. The number of hydrogen-bond acceptors (Lipinski definition) is 6. The number of carbonyl (C=O) groups is 2. The van der Waals surface area contributed by atoms with Crippen molar-refractivity contribution in [1.29, 1.82) is 0 Å². The number of rotatable bonds is 8. The van der Waals surface area contributed by atoms with Crippen LogP contribution in [0.2, 0.25) is 0 Å². The number of hydrogen-bond donors (Lipinski definition) is 1. The number of piperidine rings is 1. The van der Waals surface area contributed by atoms with Crippen molar-refractivity contribution in [2.45, 2.75) is 44.0 Å². The molecule has 178 valence electrons. The van der Waals surface area contributed by atoms with Gasteiger partial charge in [0, 0.05) is 36.0 Å². The average Bonchev–Trinajstić information content (AvgIpc) is 3.53. The van der Waals surface area contributed by atoms with Crippen LogP contribution >= 0.6 is 25.0 Å². The highest BCUT2D eigenvalue weighted by molar-refractivity contribution is 7.81. The van der Waals surface area contributed by atoms with Crippen molar-refractivity contribution in [3.63, 3.8) is 0 Å². The van der Waals surface area contributed by atoms with Gasteiger partial charge in [-0.1, -0.05) is 24.3 Å². The summed E-state index contributed by atoms with van der Waals surface area (Å²) in [4.78, 5) is 27.0. The van der Waals surface area contributed by atoms with Crippen molar-refractivity contribution in [2.75, 3.05) is 19.7 Å². The minimum atomic E-state index is -0.576. The fourth-order valence-electron chi connectivity index (χ4n) is 4.12. The van der Waals surface area contributed by atoms with Crippen molar-refractivity contribution < 1.29 is 18.7 Å². The van der Waals surface area contributed by atoms with Crippen molar-refractivity contribution >= 4 is 36.8 Å². The molecule has 1 aliphatic carbocycles. The summed E-state index contributed by atoms with van der Waals surface area (Å²) in [7, 11) is 0. The number of halogens is 2. The van der Waals surface area contributed by atoms with Crippen LogP contribution in [0.25, 0.3) is 0 Å². The lowest BCUT2D eigenvalue weighted by Crippen LogP contribution is -2.42. The molecule has 2 unspecified atom stereocenters. The molecule has 0 N–H and O–H groups in total. The third-order valence-electron chi connectivity index (χ3n) is 5.98. The zero-order chi connectivity index (χ0) is 22.7. The SMILES string of the molecule is CCOC(=O)c1ccn(C/C=C2/CN(C(C(=O)C3CC3)c3ccccc3F)CCC2S)n1.Cl. The van der Waals surface area contributed by atoms with E-state index >= 15 is 0 Å². The predicted octanol–water partition coefficient (Wildman–Crippen LogP) is 4.27. The lowest BCUT2D eigenvalue weighted by Gasteiger charge is -2.37. The molecule has 2 atom stereocenters. The molecule has 2 fully saturated rings.